The van der Waals surface area contributed by atoms with Gasteiger partial charge in [0.05, 0.1) is 0 Å². The van der Waals surface area contributed by atoms with Gasteiger partial charge in [-0.15, -0.1) is 0 Å². The van der Waals surface area contributed by atoms with E-state index in [4.69, 9.17) is 5.73 Å². The summed E-state index contributed by atoms with van der Waals surface area (Å²) >= 11 is 0. The maximum absolute atomic E-state index is 9.27. The van der Waals surface area contributed by atoms with Crippen LogP contribution >= 0.6 is 0 Å². The number of nitrogens with two attached hydrogens (primary N) is 1. The van der Waals surface area contributed by atoms with Crippen LogP contribution in [0.4, 0.5) is 0 Å². The molecular formula is C12H25N3O. The second kappa shape index (κ2) is 6.74. The first-order chi connectivity index (χ1) is 7.63. The fraction of sp³-hybridized carbons (Fsp3) is 0.917. The molecule has 0 aromatic heterocycles. The molecule has 94 valence electrons. The molecule has 0 amide bonds. The summed E-state index contributed by atoms with van der Waals surface area (Å²) < 4.78 is 0. The summed E-state index contributed by atoms with van der Waals surface area (Å²) in [5, 5.41) is 12.5. The quantitative estimate of drug-likeness (QED) is 0.497. The summed E-state index contributed by atoms with van der Waals surface area (Å²) in [7, 11) is 0. The number of aliphatic imine (C=N–C) groups is 1. The summed E-state index contributed by atoms with van der Waals surface area (Å²) in [6.07, 6.45) is 4.60. The molecule has 2 atom stereocenters. The van der Waals surface area contributed by atoms with E-state index in [-0.39, 0.29) is 6.61 Å². The highest BCUT2D eigenvalue weighted by Crippen LogP contribution is 2.23. The number of aliphatic hydroxyl groups excluding tert-OH is 1. The van der Waals surface area contributed by atoms with Crippen LogP contribution in [0, 0.1) is 11.8 Å². The minimum absolute atomic E-state index is 0.245. The number of hydrogen-bond donors (Lipinski definition) is 3. The molecule has 0 bridgehead atoms. The van der Waals surface area contributed by atoms with Crippen molar-refractivity contribution >= 4 is 5.96 Å². The number of nitrogens with zero attached hydrogens (tertiary/aromatic N) is 1. The van der Waals surface area contributed by atoms with Gasteiger partial charge < -0.3 is 16.2 Å². The van der Waals surface area contributed by atoms with E-state index in [0.29, 0.717) is 23.8 Å². The lowest BCUT2D eigenvalue weighted by atomic mass is 9.85. The van der Waals surface area contributed by atoms with Crippen LogP contribution in [0.15, 0.2) is 4.99 Å². The Labute approximate surface area is 98.3 Å². The molecule has 4 heteroatoms. The standard InChI is InChI=1S/C12H25N3O/c1-9(2)7-14-12(13)15-11-6-4-3-5-10(11)8-16/h9-11,16H,3-8H2,1-2H3,(H3,13,14,15). The van der Waals surface area contributed by atoms with E-state index in [9.17, 15) is 5.11 Å². The zero-order valence-corrected chi connectivity index (χ0v) is 10.4. The normalized spacial score (nSPS) is 27.1. The van der Waals surface area contributed by atoms with E-state index in [1.54, 1.807) is 0 Å². The van der Waals surface area contributed by atoms with Crippen LogP contribution in [-0.4, -0.2) is 30.3 Å². The van der Waals surface area contributed by atoms with Gasteiger partial charge in [-0.3, -0.25) is 4.99 Å². The number of hydrogen-bond acceptors (Lipinski definition) is 2. The molecule has 16 heavy (non-hydrogen) atoms. The summed E-state index contributed by atoms with van der Waals surface area (Å²) in [6.45, 7) is 5.24. The molecule has 1 fully saturated rings. The van der Waals surface area contributed by atoms with Gasteiger partial charge in [-0.1, -0.05) is 26.7 Å². The predicted molar refractivity (Wildman–Crippen MR) is 67.3 cm³/mol. The van der Waals surface area contributed by atoms with Crippen LogP contribution in [0.1, 0.15) is 39.5 Å². The summed E-state index contributed by atoms with van der Waals surface area (Å²) in [5.74, 6) is 1.39. The molecule has 1 saturated carbocycles. The van der Waals surface area contributed by atoms with Gasteiger partial charge in [0.15, 0.2) is 5.96 Å². The molecule has 0 heterocycles. The first-order valence-corrected chi connectivity index (χ1v) is 6.30. The zero-order valence-electron chi connectivity index (χ0n) is 10.4. The van der Waals surface area contributed by atoms with Crippen molar-refractivity contribution in [3.63, 3.8) is 0 Å². The first-order valence-electron chi connectivity index (χ1n) is 6.30. The van der Waals surface area contributed by atoms with E-state index in [0.717, 1.165) is 19.4 Å². The van der Waals surface area contributed by atoms with E-state index in [2.05, 4.69) is 24.2 Å². The molecule has 1 aliphatic carbocycles. The topological polar surface area (TPSA) is 70.6 Å². The third kappa shape index (κ3) is 4.39. The van der Waals surface area contributed by atoms with Crippen molar-refractivity contribution in [1.29, 1.82) is 0 Å². The third-order valence-electron chi connectivity index (χ3n) is 3.10. The van der Waals surface area contributed by atoms with Crippen molar-refractivity contribution in [2.45, 2.75) is 45.6 Å². The lowest BCUT2D eigenvalue weighted by Gasteiger charge is -2.31. The van der Waals surface area contributed by atoms with Crippen LogP contribution < -0.4 is 11.1 Å². The fourth-order valence-corrected chi connectivity index (χ4v) is 2.13. The van der Waals surface area contributed by atoms with Gasteiger partial charge in [-0.2, -0.15) is 0 Å². The van der Waals surface area contributed by atoms with Crippen molar-refractivity contribution in [2.24, 2.45) is 22.6 Å². The Bertz CT molecular complexity index is 228. The Morgan fingerprint density at radius 2 is 2.12 bits per heavy atom. The first kappa shape index (κ1) is 13.3. The summed E-state index contributed by atoms with van der Waals surface area (Å²) in [5.41, 5.74) is 5.83. The molecular weight excluding hydrogens is 202 g/mol. The smallest absolute Gasteiger partial charge is 0.188 e. The van der Waals surface area contributed by atoms with Crippen LogP contribution in [0.3, 0.4) is 0 Å². The van der Waals surface area contributed by atoms with Gasteiger partial charge in [0, 0.05) is 25.1 Å². The van der Waals surface area contributed by atoms with E-state index < -0.39 is 0 Å². The maximum Gasteiger partial charge on any atom is 0.188 e. The summed E-state index contributed by atoms with van der Waals surface area (Å²) in [6, 6.07) is 0.301. The van der Waals surface area contributed by atoms with E-state index in [1.165, 1.54) is 12.8 Å². The third-order valence-corrected chi connectivity index (χ3v) is 3.10. The van der Waals surface area contributed by atoms with Gasteiger partial charge >= 0.3 is 0 Å². The lowest BCUT2D eigenvalue weighted by molar-refractivity contribution is 0.162. The number of rotatable bonds is 4. The fourth-order valence-electron chi connectivity index (χ4n) is 2.13. The average Bonchev–Trinajstić information content (AvgIpc) is 2.27. The highest BCUT2D eigenvalue weighted by molar-refractivity contribution is 5.78. The Morgan fingerprint density at radius 3 is 2.75 bits per heavy atom. The molecule has 2 unspecified atom stereocenters. The van der Waals surface area contributed by atoms with E-state index in [1.807, 2.05) is 0 Å². The number of aliphatic hydroxyl groups is 1. The largest absolute Gasteiger partial charge is 0.396 e. The molecule has 0 aromatic rings. The summed E-state index contributed by atoms with van der Waals surface area (Å²) in [4.78, 5) is 4.29. The Balaban J connectivity index is 2.41. The van der Waals surface area contributed by atoms with Crippen LogP contribution in [0.2, 0.25) is 0 Å². The molecule has 0 aromatic carbocycles. The van der Waals surface area contributed by atoms with Crippen molar-refractivity contribution < 1.29 is 5.11 Å². The van der Waals surface area contributed by atoms with Crippen LogP contribution in [0.25, 0.3) is 0 Å². The second-order valence-corrected chi connectivity index (χ2v) is 5.10. The van der Waals surface area contributed by atoms with E-state index >= 15 is 0 Å². The molecule has 0 saturated heterocycles. The van der Waals surface area contributed by atoms with Crippen LogP contribution in [0.5, 0.6) is 0 Å². The van der Waals surface area contributed by atoms with Crippen molar-refractivity contribution in [3.8, 4) is 0 Å². The van der Waals surface area contributed by atoms with Gasteiger partial charge in [0.25, 0.3) is 0 Å². The van der Waals surface area contributed by atoms with Crippen LogP contribution in [-0.2, 0) is 0 Å². The predicted octanol–water partition coefficient (Wildman–Crippen LogP) is 1.10. The average molecular weight is 227 g/mol. The molecule has 0 radical (unpaired) electrons. The van der Waals surface area contributed by atoms with Crippen molar-refractivity contribution in [1.82, 2.24) is 5.32 Å². The Kier molecular flexibility index (Phi) is 5.60. The highest BCUT2D eigenvalue weighted by atomic mass is 16.3. The monoisotopic (exact) mass is 227 g/mol. The number of guanidine groups is 1. The lowest BCUT2D eigenvalue weighted by Crippen LogP contribution is -2.46. The second-order valence-electron chi connectivity index (χ2n) is 5.10. The molecule has 4 nitrogen and oxygen atoms in total. The molecule has 0 aliphatic heterocycles. The maximum atomic E-state index is 9.27. The molecule has 1 aliphatic rings. The van der Waals surface area contributed by atoms with Crippen molar-refractivity contribution in [2.75, 3.05) is 13.2 Å². The Morgan fingerprint density at radius 1 is 1.44 bits per heavy atom. The minimum atomic E-state index is 0.245. The number of nitrogens with one attached hydrogen (secondary N) is 1. The van der Waals surface area contributed by atoms with Gasteiger partial charge in [-0.05, 0) is 18.8 Å². The zero-order chi connectivity index (χ0) is 12.0. The van der Waals surface area contributed by atoms with Gasteiger partial charge in [0.1, 0.15) is 0 Å². The highest BCUT2D eigenvalue weighted by Gasteiger charge is 2.24. The Hall–Kier alpha value is -0.770. The van der Waals surface area contributed by atoms with Gasteiger partial charge in [0.2, 0.25) is 0 Å². The van der Waals surface area contributed by atoms with Gasteiger partial charge in [-0.25, -0.2) is 0 Å². The minimum Gasteiger partial charge on any atom is -0.396 e. The molecule has 4 N–H and O–H groups in total. The van der Waals surface area contributed by atoms with Crippen molar-refractivity contribution in [3.05, 3.63) is 0 Å². The molecule has 0 spiro atoms. The molecule has 1 rings (SSSR count). The SMILES string of the molecule is CC(C)CN=C(N)NC1CCCCC1CO.